The highest BCUT2D eigenvalue weighted by Crippen LogP contribution is 2.34. The lowest BCUT2D eigenvalue weighted by Crippen LogP contribution is -2.45. The zero-order chi connectivity index (χ0) is 20.5. The lowest BCUT2D eigenvalue weighted by molar-refractivity contribution is 0.178. The third kappa shape index (κ3) is 3.78. The van der Waals surface area contributed by atoms with E-state index in [0.29, 0.717) is 11.5 Å². The standard InChI is InChI=1S/C24H26FN3O2/c25-18-7-4-6-16(14-18)17-11-12-22-20(15-17)27-23(30-22)21-10-5-13-28(21)24(29)26-19-8-2-1-3-9-19/h4,6-7,11-12,14-15,19,21H,1-3,5,8-10,13H2,(H,26,29). The molecule has 2 aliphatic rings. The van der Waals surface area contributed by atoms with E-state index in [1.807, 2.05) is 29.2 Å². The van der Waals surface area contributed by atoms with Gasteiger partial charge in [0, 0.05) is 12.6 Å². The fourth-order valence-corrected chi connectivity index (χ4v) is 4.71. The molecule has 3 aromatic rings. The largest absolute Gasteiger partial charge is 0.438 e. The average molecular weight is 407 g/mol. The van der Waals surface area contributed by atoms with Crippen LogP contribution in [0.5, 0.6) is 0 Å². The first-order valence-corrected chi connectivity index (χ1v) is 10.9. The smallest absolute Gasteiger partial charge is 0.318 e. The average Bonchev–Trinajstić information content (AvgIpc) is 3.41. The summed E-state index contributed by atoms with van der Waals surface area (Å²) in [6.07, 6.45) is 7.56. The number of halogens is 1. The van der Waals surface area contributed by atoms with Crippen LogP contribution in [0.2, 0.25) is 0 Å². The Labute approximate surface area is 175 Å². The van der Waals surface area contributed by atoms with Gasteiger partial charge >= 0.3 is 6.03 Å². The van der Waals surface area contributed by atoms with E-state index in [9.17, 15) is 9.18 Å². The summed E-state index contributed by atoms with van der Waals surface area (Å²) in [5.74, 6) is 0.316. The number of amides is 2. The van der Waals surface area contributed by atoms with Crippen molar-refractivity contribution < 1.29 is 13.6 Å². The van der Waals surface area contributed by atoms with Crippen molar-refractivity contribution in [1.82, 2.24) is 15.2 Å². The number of urea groups is 1. The van der Waals surface area contributed by atoms with Crippen molar-refractivity contribution in [3.05, 3.63) is 54.2 Å². The molecule has 2 fully saturated rings. The molecule has 2 aromatic carbocycles. The molecule has 2 amide bonds. The molecule has 5 rings (SSSR count). The van der Waals surface area contributed by atoms with Crippen molar-refractivity contribution in [2.45, 2.75) is 57.0 Å². The molecule has 2 heterocycles. The first kappa shape index (κ1) is 19.1. The van der Waals surface area contributed by atoms with Gasteiger partial charge in [0.1, 0.15) is 17.4 Å². The molecule has 6 heteroatoms. The molecule has 1 unspecified atom stereocenters. The molecule has 0 radical (unpaired) electrons. The summed E-state index contributed by atoms with van der Waals surface area (Å²) < 4.78 is 19.6. The highest BCUT2D eigenvalue weighted by atomic mass is 19.1. The number of benzene rings is 2. The summed E-state index contributed by atoms with van der Waals surface area (Å²) in [5.41, 5.74) is 3.10. The van der Waals surface area contributed by atoms with E-state index in [2.05, 4.69) is 5.32 Å². The molecule has 1 aliphatic carbocycles. The summed E-state index contributed by atoms with van der Waals surface area (Å²) in [6, 6.07) is 12.3. The Bertz CT molecular complexity index is 1060. The van der Waals surface area contributed by atoms with Crippen LogP contribution >= 0.6 is 0 Å². The number of nitrogens with zero attached hydrogens (tertiary/aromatic N) is 2. The normalized spacial score (nSPS) is 20.0. The van der Waals surface area contributed by atoms with Crippen LogP contribution in [-0.4, -0.2) is 28.5 Å². The Kier molecular flexibility index (Phi) is 5.15. The van der Waals surface area contributed by atoms with Gasteiger partial charge in [-0.05, 0) is 61.1 Å². The molecule has 1 atom stereocenters. The van der Waals surface area contributed by atoms with Crippen molar-refractivity contribution >= 4 is 17.1 Å². The van der Waals surface area contributed by atoms with Gasteiger partial charge in [0.25, 0.3) is 0 Å². The van der Waals surface area contributed by atoms with Crippen LogP contribution in [0.4, 0.5) is 9.18 Å². The third-order valence-electron chi connectivity index (χ3n) is 6.29. The number of hydrogen-bond donors (Lipinski definition) is 1. The van der Waals surface area contributed by atoms with Crippen molar-refractivity contribution in [3.8, 4) is 11.1 Å². The SMILES string of the molecule is O=C(NC1CCCCC1)N1CCCC1c1nc2cc(-c3cccc(F)c3)ccc2o1. The van der Waals surface area contributed by atoms with Gasteiger partial charge in [-0.2, -0.15) is 0 Å². The van der Waals surface area contributed by atoms with Gasteiger partial charge in [0.15, 0.2) is 5.58 Å². The zero-order valence-electron chi connectivity index (χ0n) is 16.9. The monoisotopic (exact) mass is 407 g/mol. The van der Waals surface area contributed by atoms with E-state index in [0.717, 1.165) is 48.9 Å². The van der Waals surface area contributed by atoms with Crippen molar-refractivity contribution in [1.29, 1.82) is 0 Å². The second-order valence-electron chi connectivity index (χ2n) is 8.38. The minimum atomic E-state index is -0.265. The number of fused-ring (bicyclic) bond motifs is 1. The molecule has 5 nitrogen and oxygen atoms in total. The summed E-state index contributed by atoms with van der Waals surface area (Å²) in [5, 5.41) is 3.21. The van der Waals surface area contributed by atoms with Crippen LogP contribution in [0.3, 0.4) is 0 Å². The van der Waals surface area contributed by atoms with Gasteiger partial charge in [-0.15, -0.1) is 0 Å². The van der Waals surface area contributed by atoms with Gasteiger partial charge in [-0.1, -0.05) is 37.5 Å². The summed E-state index contributed by atoms with van der Waals surface area (Å²) in [7, 11) is 0. The van der Waals surface area contributed by atoms with E-state index in [1.165, 1.54) is 31.4 Å². The Morgan fingerprint density at radius 3 is 2.70 bits per heavy atom. The molecule has 1 aliphatic heterocycles. The summed E-state index contributed by atoms with van der Waals surface area (Å²) in [4.78, 5) is 19.5. The number of rotatable bonds is 3. The highest BCUT2D eigenvalue weighted by molar-refractivity contribution is 5.81. The van der Waals surface area contributed by atoms with E-state index in [4.69, 9.17) is 9.40 Å². The van der Waals surface area contributed by atoms with Gasteiger partial charge in [0.2, 0.25) is 5.89 Å². The minimum Gasteiger partial charge on any atom is -0.438 e. The predicted octanol–water partition coefficient (Wildman–Crippen LogP) is 5.81. The zero-order valence-corrected chi connectivity index (χ0v) is 16.9. The number of likely N-dealkylation sites (tertiary alicyclic amines) is 1. The molecule has 0 spiro atoms. The molecule has 0 bridgehead atoms. The van der Waals surface area contributed by atoms with Gasteiger partial charge < -0.3 is 14.6 Å². The highest BCUT2D eigenvalue weighted by Gasteiger charge is 2.34. The Hall–Kier alpha value is -2.89. The Morgan fingerprint density at radius 2 is 1.87 bits per heavy atom. The second kappa shape index (κ2) is 8.09. The van der Waals surface area contributed by atoms with E-state index >= 15 is 0 Å². The molecular weight excluding hydrogens is 381 g/mol. The lowest BCUT2D eigenvalue weighted by Gasteiger charge is -2.28. The lowest BCUT2D eigenvalue weighted by atomic mass is 9.96. The number of nitrogens with one attached hydrogen (secondary N) is 1. The Balaban J connectivity index is 1.37. The minimum absolute atomic E-state index is 0.00731. The number of carbonyl (C=O) groups is 1. The molecule has 156 valence electrons. The van der Waals surface area contributed by atoms with Crippen LogP contribution in [0.1, 0.15) is 56.9 Å². The van der Waals surface area contributed by atoms with E-state index in [1.54, 1.807) is 6.07 Å². The maximum atomic E-state index is 13.6. The first-order valence-electron chi connectivity index (χ1n) is 10.9. The number of carbonyl (C=O) groups excluding carboxylic acids is 1. The van der Waals surface area contributed by atoms with Crippen molar-refractivity contribution in [2.24, 2.45) is 0 Å². The van der Waals surface area contributed by atoms with Crippen LogP contribution < -0.4 is 5.32 Å². The Morgan fingerprint density at radius 1 is 1.03 bits per heavy atom. The maximum Gasteiger partial charge on any atom is 0.318 e. The fourth-order valence-electron chi connectivity index (χ4n) is 4.71. The van der Waals surface area contributed by atoms with Gasteiger partial charge in [-0.25, -0.2) is 14.2 Å². The fraction of sp³-hybridized carbons (Fsp3) is 0.417. The second-order valence-corrected chi connectivity index (χ2v) is 8.38. The van der Waals surface area contributed by atoms with Gasteiger partial charge in [-0.3, -0.25) is 0 Å². The maximum absolute atomic E-state index is 13.6. The van der Waals surface area contributed by atoms with Crippen LogP contribution in [0, 0.1) is 5.82 Å². The number of oxazole rings is 1. The topological polar surface area (TPSA) is 58.4 Å². The summed E-state index contributed by atoms with van der Waals surface area (Å²) >= 11 is 0. The third-order valence-corrected chi connectivity index (χ3v) is 6.29. The van der Waals surface area contributed by atoms with Crippen LogP contribution in [0.25, 0.3) is 22.2 Å². The molecular formula is C24H26FN3O2. The van der Waals surface area contributed by atoms with Crippen LogP contribution in [-0.2, 0) is 0 Å². The first-order chi connectivity index (χ1) is 14.7. The number of aromatic nitrogens is 1. The number of hydrogen-bond acceptors (Lipinski definition) is 3. The molecule has 1 saturated heterocycles. The molecule has 1 aromatic heterocycles. The quantitative estimate of drug-likeness (QED) is 0.596. The van der Waals surface area contributed by atoms with Gasteiger partial charge in [0.05, 0.1) is 0 Å². The van der Waals surface area contributed by atoms with E-state index < -0.39 is 0 Å². The molecule has 1 N–H and O–H groups in total. The predicted molar refractivity (Wildman–Crippen MR) is 113 cm³/mol. The van der Waals surface area contributed by atoms with Crippen LogP contribution in [0.15, 0.2) is 46.9 Å². The molecule has 30 heavy (non-hydrogen) atoms. The van der Waals surface area contributed by atoms with Crippen molar-refractivity contribution in [3.63, 3.8) is 0 Å². The molecule has 1 saturated carbocycles. The summed E-state index contributed by atoms with van der Waals surface area (Å²) in [6.45, 7) is 0.719. The van der Waals surface area contributed by atoms with E-state index in [-0.39, 0.29) is 23.9 Å². The van der Waals surface area contributed by atoms with Crippen molar-refractivity contribution in [2.75, 3.05) is 6.54 Å².